The molecule has 3 rings (SSSR count). The molecule has 0 unspecified atom stereocenters. The van der Waals surface area contributed by atoms with Crippen LogP contribution in [0.15, 0.2) is 71.7 Å². The fraction of sp³-hybridized carbons (Fsp3) is 0.0588. The molecule has 0 aliphatic heterocycles. The Morgan fingerprint density at radius 2 is 1.88 bits per heavy atom. The number of aromatic nitrogens is 3. The van der Waals surface area contributed by atoms with Crippen molar-refractivity contribution in [2.45, 2.75) is 6.54 Å². The number of halogens is 2. The second kappa shape index (κ2) is 8.01. The van der Waals surface area contributed by atoms with Gasteiger partial charge in [-0.15, -0.1) is 0 Å². The topological polar surface area (TPSA) is 76.9 Å². The van der Waals surface area contributed by atoms with Gasteiger partial charge in [-0.25, -0.2) is 23.1 Å². The van der Waals surface area contributed by atoms with E-state index in [0.29, 0.717) is 16.9 Å². The molecule has 0 saturated heterocycles. The van der Waals surface area contributed by atoms with Crippen molar-refractivity contribution in [2.24, 2.45) is 0 Å². The van der Waals surface area contributed by atoms with Gasteiger partial charge in [0.25, 0.3) is 10.0 Å². The average Bonchev–Trinajstić information content (AvgIpc) is 3.21. The largest absolute Gasteiger partial charge is 0.291 e. The number of hydrogen-bond acceptors (Lipinski definition) is 4. The Balaban J connectivity index is 1.77. The van der Waals surface area contributed by atoms with Crippen molar-refractivity contribution in [1.29, 1.82) is 0 Å². The Morgan fingerprint density at radius 3 is 2.58 bits per heavy atom. The zero-order chi connectivity index (χ0) is 18.6. The van der Waals surface area contributed by atoms with Gasteiger partial charge in [0.15, 0.2) is 4.36 Å². The molecular weight excluding hydrogens is 395 g/mol. The molecule has 0 fully saturated rings. The third kappa shape index (κ3) is 4.31. The van der Waals surface area contributed by atoms with Crippen molar-refractivity contribution >= 4 is 38.3 Å². The zero-order valence-corrected chi connectivity index (χ0v) is 15.7. The number of pyridine rings is 1. The molecule has 6 nitrogen and oxygen atoms in total. The lowest BCUT2D eigenvalue weighted by Crippen LogP contribution is -2.23. The van der Waals surface area contributed by atoms with Crippen molar-refractivity contribution < 1.29 is 8.42 Å². The van der Waals surface area contributed by atoms with Crippen LogP contribution in [-0.4, -0.2) is 23.0 Å². The third-order valence-electron chi connectivity index (χ3n) is 3.48. The van der Waals surface area contributed by atoms with Crippen LogP contribution in [0.1, 0.15) is 11.1 Å². The van der Waals surface area contributed by atoms with E-state index in [0.717, 1.165) is 0 Å². The summed E-state index contributed by atoms with van der Waals surface area (Å²) in [5.74, 6) is 0.628. The molecule has 134 valence electrons. The summed E-state index contributed by atoms with van der Waals surface area (Å²) in [5.41, 5.74) is 1.24. The molecule has 0 radical (unpaired) electrons. The summed E-state index contributed by atoms with van der Waals surface area (Å²) in [7, 11) is -3.95. The second-order valence-electron chi connectivity index (χ2n) is 5.27. The summed E-state index contributed by atoms with van der Waals surface area (Å²) in [5, 5.41) is -0.0337. The Morgan fingerprint density at radius 1 is 1.12 bits per heavy atom. The molecule has 3 aromatic rings. The van der Waals surface area contributed by atoms with E-state index in [-0.39, 0.29) is 11.6 Å². The van der Waals surface area contributed by atoms with Crippen LogP contribution in [0, 0.1) is 0 Å². The fourth-order valence-electron chi connectivity index (χ4n) is 2.16. The first-order valence-corrected chi connectivity index (χ1v) is 9.75. The van der Waals surface area contributed by atoms with E-state index in [1.807, 2.05) is 0 Å². The number of hydrogen-bond donors (Lipinski definition) is 1. The monoisotopic (exact) mass is 408 g/mol. The highest BCUT2D eigenvalue weighted by Gasteiger charge is 2.20. The molecule has 26 heavy (non-hydrogen) atoms. The highest BCUT2D eigenvalue weighted by Crippen LogP contribution is 2.28. The lowest BCUT2D eigenvalue weighted by atomic mass is 10.2. The highest BCUT2D eigenvalue weighted by atomic mass is 35.5. The first-order valence-electron chi connectivity index (χ1n) is 7.51. The summed E-state index contributed by atoms with van der Waals surface area (Å²) in [6.45, 7) is 0.0434. The quantitative estimate of drug-likeness (QED) is 0.676. The van der Waals surface area contributed by atoms with Crippen LogP contribution in [0.25, 0.3) is 10.9 Å². The van der Waals surface area contributed by atoms with Crippen molar-refractivity contribution in [3.05, 3.63) is 82.9 Å². The van der Waals surface area contributed by atoms with Gasteiger partial charge in [-0.2, -0.15) is 0 Å². The van der Waals surface area contributed by atoms with E-state index in [2.05, 4.69) is 14.7 Å². The Labute approximate surface area is 161 Å². The standard InChI is InChI=1S/C17H14Cl2N4O2S/c18-16(14-4-2-1-3-5-14)17(19)26(24,25)22-11-13-6-7-21-15(10-13)23-9-8-20-12-23/h1-10,12,22H,11H2/b17-16-. The van der Waals surface area contributed by atoms with Crippen molar-refractivity contribution in [2.75, 3.05) is 0 Å². The number of sulfonamides is 1. The molecule has 1 aromatic carbocycles. The molecule has 0 bridgehead atoms. The molecule has 0 aliphatic rings. The molecule has 0 spiro atoms. The fourth-order valence-corrected chi connectivity index (χ4v) is 3.70. The summed E-state index contributed by atoms with van der Waals surface area (Å²) in [6.07, 6.45) is 6.58. The van der Waals surface area contributed by atoms with E-state index in [9.17, 15) is 8.42 Å². The minimum Gasteiger partial charge on any atom is -0.291 e. The van der Waals surface area contributed by atoms with Gasteiger partial charge in [0.1, 0.15) is 12.1 Å². The molecule has 0 saturated carbocycles. The summed E-state index contributed by atoms with van der Waals surface area (Å²) in [6, 6.07) is 12.1. The van der Waals surface area contributed by atoms with E-state index < -0.39 is 14.4 Å². The van der Waals surface area contributed by atoms with Gasteiger partial charge in [0.05, 0.1) is 5.03 Å². The Hall–Kier alpha value is -2.19. The van der Waals surface area contributed by atoms with Crippen molar-refractivity contribution in [3.63, 3.8) is 0 Å². The lowest BCUT2D eigenvalue weighted by molar-refractivity contribution is 0.590. The van der Waals surface area contributed by atoms with Crippen molar-refractivity contribution in [1.82, 2.24) is 19.3 Å². The normalized spacial score (nSPS) is 12.7. The van der Waals surface area contributed by atoms with Gasteiger partial charge in [-0.1, -0.05) is 53.5 Å². The first kappa shape index (κ1) is 18.6. The molecular formula is C17H14Cl2N4O2S. The molecule has 0 amide bonds. The van der Waals surface area contributed by atoms with Gasteiger partial charge in [-0.3, -0.25) is 4.57 Å². The van der Waals surface area contributed by atoms with Crippen LogP contribution < -0.4 is 4.72 Å². The molecule has 2 aromatic heterocycles. The molecule has 0 atom stereocenters. The van der Waals surface area contributed by atoms with Gasteiger partial charge >= 0.3 is 0 Å². The van der Waals surface area contributed by atoms with Gasteiger partial charge in [0.2, 0.25) is 0 Å². The lowest BCUT2D eigenvalue weighted by Gasteiger charge is -2.09. The third-order valence-corrected chi connectivity index (χ3v) is 6.10. The number of nitrogens with zero attached hydrogens (tertiary/aromatic N) is 3. The van der Waals surface area contributed by atoms with Gasteiger partial charge in [-0.05, 0) is 23.3 Å². The molecule has 0 aliphatic carbocycles. The van der Waals surface area contributed by atoms with E-state index in [1.165, 1.54) is 0 Å². The predicted molar refractivity (Wildman–Crippen MR) is 102 cm³/mol. The number of imidazole rings is 1. The maximum atomic E-state index is 12.4. The predicted octanol–water partition coefficient (Wildman–Crippen LogP) is 3.49. The van der Waals surface area contributed by atoms with E-state index in [4.69, 9.17) is 23.2 Å². The summed E-state index contributed by atoms with van der Waals surface area (Å²) >= 11 is 12.1. The maximum absolute atomic E-state index is 12.4. The first-order chi connectivity index (χ1) is 12.5. The van der Waals surface area contributed by atoms with E-state index in [1.54, 1.807) is 71.9 Å². The average molecular weight is 409 g/mol. The molecule has 1 N–H and O–H groups in total. The Bertz CT molecular complexity index is 1020. The Kier molecular flexibility index (Phi) is 5.73. The van der Waals surface area contributed by atoms with E-state index >= 15 is 0 Å². The highest BCUT2D eigenvalue weighted by molar-refractivity contribution is 7.95. The second-order valence-corrected chi connectivity index (χ2v) is 7.95. The van der Waals surface area contributed by atoms with Crippen LogP contribution >= 0.6 is 23.2 Å². The SMILES string of the molecule is O=S(=O)(NCc1ccnc(-n2ccnc2)c1)/C(Cl)=C(\Cl)c1ccccc1. The van der Waals surface area contributed by atoms with Crippen LogP contribution in [0.3, 0.4) is 0 Å². The van der Waals surface area contributed by atoms with Crippen LogP contribution in [0.5, 0.6) is 0 Å². The van der Waals surface area contributed by atoms with Crippen LogP contribution in [0.4, 0.5) is 0 Å². The minimum absolute atomic E-state index is 0.0337. The van der Waals surface area contributed by atoms with Crippen LogP contribution in [-0.2, 0) is 16.6 Å². The number of benzene rings is 1. The maximum Gasteiger partial charge on any atom is 0.253 e. The smallest absolute Gasteiger partial charge is 0.253 e. The van der Waals surface area contributed by atoms with Crippen LogP contribution in [0.2, 0.25) is 0 Å². The number of rotatable bonds is 6. The van der Waals surface area contributed by atoms with Crippen molar-refractivity contribution in [3.8, 4) is 5.82 Å². The van der Waals surface area contributed by atoms with Gasteiger partial charge < -0.3 is 0 Å². The molecule has 9 heteroatoms. The summed E-state index contributed by atoms with van der Waals surface area (Å²) < 4.78 is 28.5. The summed E-state index contributed by atoms with van der Waals surface area (Å²) in [4.78, 5) is 8.18. The zero-order valence-electron chi connectivity index (χ0n) is 13.4. The van der Waals surface area contributed by atoms with Gasteiger partial charge in [0, 0.05) is 25.1 Å². The number of nitrogens with one attached hydrogen (secondary N) is 1. The minimum atomic E-state index is -3.95. The molecule has 2 heterocycles.